The second-order valence-corrected chi connectivity index (χ2v) is 5.38. The first-order chi connectivity index (χ1) is 11.6. The van der Waals surface area contributed by atoms with E-state index in [1.165, 1.54) is 0 Å². The molecule has 1 aromatic heterocycles. The second kappa shape index (κ2) is 6.58. The maximum atomic E-state index is 11.3. The van der Waals surface area contributed by atoms with Gasteiger partial charge >= 0.3 is 5.97 Å². The number of rotatable bonds is 5. The predicted molar refractivity (Wildman–Crippen MR) is 90.0 cm³/mol. The molecule has 2 aromatic carbocycles. The molecule has 24 heavy (non-hydrogen) atoms. The average molecular weight is 323 g/mol. The third kappa shape index (κ3) is 3.01. The van der Waals surface area contributed by atoms with Gasteiger partial charge < -0.3 is 14.3 Å². The molecule has 0 amide bonds. The lowest BCUT2D eigenvalue weighted by molar-refractivity contribution is -0.138. The van der Waals surface area contributed by atoms with E-state index in [0.29, 0.717) is 11.5 Å². The van der Waals surface area contributed by atoms with Crippen LogP contribution in [0.1, 0.15) is 18.7 Å². The number of benzene rings is 2. The topological polar surface area (TPSA) is 72.6 Å². The average Bonchev–Trinajstić information content (AvgIpc) is 3.07. The Bertz CT molecular complexity index is 838. The molecule has 0 bridgehead atoms. The van der Waals surface area contributed by atoms with E-state index in [1.54, 1.807) is 14.0 Å². The molecule has 0 aliphatic heterocycles. The summed E-state index contributed by atoms with van der Waals surface area (Å²) in [5, 5.41) is 9.23. The minimum atomic E-state index is -0.975. The molecule has 0 spiro atoms. The van der Waals surface area contributed by atoms with Gasteiger partial charge in [0.1, 0.15) is 17.4 Å². The number of methoxy groups -OCH3 is 1. The summed E-state index contributed by atoms with van der Waals surface area (Å²) in [5.41, 5.74) is 2.30. The molecule has 1 unspecified atom stereocenters. The first-order valence-electron chi connectivity index (χ1n) is 7.53. The summed E-state index contributed by atoms with van der Waals surface area (Å²) < 4.78 is 11.0. The number of carbonyl (C=O) groups is 1. The summed E-state index contributed by atoms with van der Waals surface area (Å²) in [7, 11) is 1.60. The molecular weight excluding hydrogens is 306 g/mol. The zero-order valence-electron chi connectivity index (χ0n) is 13.4. The van der Waals surface area contributed by atoms with Crippen molar-refractivity contribution in [3.05, 3.63) is 60.5 Å². The third-order valence-electron chi connectivity index (χ3n) is 3.78. The van der Waals surface area contributed by atoms with Gasteiger partial charge in [0.05, 0.1) is 7.11 Å². The van der Waals surface area contributed by atoms with E-state index in [1.807, 2.05) is 54.6 Å². The second-order valence-electron chi connectivity index (χ2n) is 5.38. The summed E-state index contributed by atoms with van der Waals surface area (Å²) in [6.45, 7) is 1.56. The van der Waals surface area contributed by atoms with Crippen molar-refractivity contribution in [2.75, 3.05) is 7.11 Å². The summed E-state index contributed by atoms with van der Waals surface area (Å²) in [6.07, 6.45) is 0. The van der Waals surface area contributed by atoms with Gasteiger partial charge in [-0.25, -0.2) is 4.98 Å². The molecular formula is C19H17NO4. The van der Waals surface area contributed by atoms with Gasteiger partial charge in [0.15, 0.2) is 5.76 Å². The van der Waals surface area contributed by atoms with Crippen LogP contribution in [0.25, 0.3) is 22.6 Å². The molecule has 0 saturated carbocycles. The fourth-order valence-electron chi connectivity index (χ4n) is 2.36. The molecule has 3 rings (SSSR count). The van der Waals surface area contributed by atoms with Crippen LogP contribution in [0.15, 0.2) is 59.0 Å². The molecule has 0 aliphatic carbocycles. The SMILES string of the molecule is COc1ccc(-c2nc(C(C)C(=O)O)oc2-c2ccccc2)cc1. The van der Waals surface area contributed by atoms with Crippen LogP contribution >= 0.6 is 0 Å². The molecule has 0 fully saturated rings. The number of carboxylic acids is 1. The Morgan fingerprint density at radius 3 is 2.33 bits per heavy atom. The van der Waals surface area contributed by atoms with Gasteiger partial charge in [-0.05, 0) is 31.2 Å². The maximum Gasteiger partial charge on any atom is 0.315 e. The normalized spacial score (nSPS) is 11.9. The lowest BCUT2D eigenvalue weighted by atomic mass is 10.1. The van der Waals surface area contributed by atoms with Crippen LogP contribution in [0, 0.1) is 0 Å². The van der Waals surface area contributed by atoms with Crippen LogP contribution in [0.3, 0.4) is 0 Å². The van der Waals surface area contributed by atoms with Crippen LogP contribution in [-0.2, 0) is 4.79 Å². The smallest absolute Gasteiger partial charge is 0.315 e. The van der Waals surface area contributed by atoms with Crippen molar-refractivity contribution < 1.29 is 19.1 Å². The number of oxazole rings is 1. The highest BCUT2D eigenvalue weighted by Crippen LogP contribution is 2.35. The van der Waals surface area contributed by atoms with Crippen LogP contribution in [-0.4, -0.2) is 23.2 Å². The quantitative estimate of drug-likeness (QED) is 0.761. The summed E-state index contributed by atoms with van der Waals surface area (Å²) >= 11 is 0. The number of aromatic nitrogens is 1. The first kappa shape index (κ1) is 15.8. The van der Waals surface area contributed by atoms with Crippen LogP contribution < -0.4 is 4.74 Å². The van der Waals surface area contributed by atoms with E-state index in [9.17, 15) is 9.90 Å². The van der Waals surface area contributed by atoms with E-state index >= 15 is 0 Å². The zero-order chi connectivity index (χ0) is 17.1. The molecule has 0 saturated heterocycles. The van der Waals surface area contributed by atoms with E-state index in [0.717, 1.165) is 16.9 Å². The molecule has 5 heteroatoms. The first-order valence-corrected chi connectivity index (χ1v) is 7.53. The van der Waals surface area contributed by atoms with Gasteiger partial charge in [-0.1, -0.05) is 30.3 Å². The summed E-state index contributed by atoms with van der Waals surface area (Å²) in [4.78, 5) is 15.7. The molecule has 122 valence electrons. The van der Waals surface area contributed by atoms with Gasteiger partial charge in [-0.3, -0.25) is 4.79 Å². The van der Waals surface area contributed by atoms with Crippen molar-refractivity contribution in [2.45, 2.75) is 12.8 Å². The number of aliphatic carboxylic acids is 1. The molecule has 5 nitrogen and oxygen atoms in total. The molecule has 1 atom stereocenters. The Morgan fingerprint density at radius 1 is 1.08 bits per heavy atom. The van der Waals surface area contributed by atoms with Gasteiger partial charge in [0, 0.05) is 11.1 Å². The molecule has 0 aliphatic rings. The number of nitrogens with zero attached hydrogens (tertiary/aromatic N) is 1. The van der Waals surface area contributed by atoms with E-state index in [4.69, 9.17) is 9.15 Å². The van der Waals surface area contributed by atoms with Crippen molar-refractivity contribution in [1.82, 2.24) is 4.98 Å². The van der Waals surface area contributed by atoms with Crippen molar-refractivity contribution >= 4 is 5.97 Å². The number of hydrogen-bond donors (Lipinski definition) is 1. The van der Waals surface area contributed by atoms with Crippen molar-refractivity contribution in [3.8, 4) is 28.3 Å². The monoisotopic (exact) mass is 323 g/mol. The van der Waals surface area contributed by atoms with Gasteiger partial charge in [-0.2, -0.15) is 0 Å². The van der Waals surface area contributed by atoms with Crippen molar-refractivity contribution in [1.29, 1.82) is 0 Å². The van der Waals surface area contributed by atoms with Gasteiger partial charge in [-0.15, -0.1) is 0 Å². The minimum Gasteiger partial charge on any atom is -0.497 e. The van der Waals surface area contributed by atoms with Crippen LogP contribution in [0.2, 0.25) is 0 Å². The summed E-state index contributed by atoms with van der Waals surface area (Å²) in [5.74, 6) is -0.310. The Hall–Kier alpha value is -3.08. The highest BCUT2D eigenvalue weighted by molar-refractivity contribution is 5.79. The summed E-state index contributed by atoms with van der Waals surface area (Å²) in [6, 6.07) is 16.9. The highest BCUT2D eigenvalue weighted by Gasteiger charge is 2.24. The van der Waals surface area contributed by atoms with Crippen molar-refractivity contribution in [3.63, 3.8) is 0 Å². The highest BCUT2D eigenvalue weighted by atomic mass is 16.5. The fraction of sp³-hybridized carbons (Fsp3) is 0.158. The number of ether oxygens (including phenoxy) is 1. The Morgan fingerprint density at radius 2 is 1.75 bits per heavy atom. The Labute approximate surface area is 139 Å². The van der Waals surface area contributed by atoms with Gasteiger partial charge in [0.25, 0.3) is 0 Å². The minimum absolute atomic E-state index is 0.187. The Balaban J connectivity index is 2.13. The van der Waals surface area contributed by atoms with Crippen LogP contribution in [0.5, 0.6) is 5.75 Å². The largest absolute Gasteiger partial charge is 0.497 e. The molecule has 1 heterocycles. The number of hydrogen-bond acceptors (Lipinski definition) is 4. The van der Waals surface area contributed by atoms with E-state index in [2.05, 4.69) is 4.98 Å². The predicted octanol–water partition coefficient (Wildman–Crippen LogP) is 4.21. The van der Waals surface area contributed by atoms with E-state index in [-0.39, 0.29) is 5.89 Å². The third-order valence-corrected chi connectivity index (χ3v) is 3.78. The molecule has 0 radical (unpaired) electrons. The zero-order valence-corrected chi connectivity index (χ0v) is 13.4. The molecule has 1 N–H and O–H groups in total. The lowest BCUT2D eigenvalue weighted by Crippen LogP contribution is -2.07. The maximum absolute atomic E-state index is 11.3. The fourth-order valence-corrected chi connectivity index (χ4v) is 2.36. The van der Waals surface area contributed by atoms with E-state index < -0.39 is 11.9 Å². The Kier molecular flexibility index (Phi) is 4.33. The lowest BCUT2D eigenvalue weighted by Gasteiger charge is -2.03. The standard InChI is InChI=1S/C19H17NO4/c1-12(19(21)22)18-20-16(13-8-10-15(23-2)11-9-13)17(24-18)14-6-4-3-5-7-14/h3-12H,1-2H3,(H,21,22). The molecule has 3 aromatic rings. The van der Waals surface area contributed by atoms with Gasteiger partial charge in [0.2, 0.25) is 5.89 Å². The van der Waals surface area contributed by atoms with Crippen LogP contribution in [0.4, 0.5) is 0 Å². The number of carboxylic acid groups (broad SMARTS) is 1. The van der Waals surface area contributed by atoms with Crippen molar-refractivity contribution in [2.24, 2.45) is 0 Å².